The predicted molar refractivity (Wildman–Crippen MR) is 88.5 cm³/mol. The SMILES string of the molecule is COc1ccc(Cl)cc1CN(C)C(=O)[C@H]1CCn2ccnc2C1. The molecule has 5 nitrogen and oxygen atoms in total. The molecule has 6 heteroatoms. The van der Waals surface area contributed by atoms with Crippen molar-refractivity contribution in [3.63, 3.8) is 0 Å². The summed E-state index contributed by atoms with van der Waals surface area (Å²) in [6.07, 6.45) is 5.31. The summed E-state index contributed by atoms with van der Waals surface area (Å²) in [4.78, 5) is 18.8. The van der Waals surface area contributed by atoms with Gasteiger partial charge in [0.1, 0.15) is 11.6 Å². The Kier molecular flexibility index (Phi) is 4.57. The number of fused-ring (bicyclic) bond motifs is 1. The maximum atomic E-state index is 12.7. The lowest BCUT2D eigenvalue weighted by atomic mass is 9.96. The van der Waals surface area contributed by atoms with Crippen molar-refractivity contribution in [2.24, 2.45) is 5.92 Å². The number of methoxy groups -OCH3 is 1. The van der Waals surface area contributed by atoms with Crippen LogP contribution in [0.25, 0.3) is 0 Å². The Balaban J connectivity index is 1.70. The van der Waals surface area contributed by atoms with Crippen LogP contribution in [-0.4, -0.2) is 34.5 Å². The topological polar surface area (TPSA) is 47.4 Å². The molecular weight excluding hydrogens is 314 g/mol. The second kappa shape index (κ2) is 6.62. The van der Waals surface area contributed by atoms with Crippen molar-refractivity contribution in [1.29, 1.82) is 0 Å². The number of hydrogen-bond donors (Lipinski definition) is 0. The van der Waals surface area contributed by atoms with Crippen molar-refractivity contribution in [1.82, 2.24) is 14.5 Å². The minimum Gasteiger partial charge on any atom is -0.496 e. The van der Waals surface area contributed by atoms with E-state index in [9.17, 15) is 4.79 Å². The van der Waals surface area contributed by atoms with Gasteiger partial charge in [-0.3, -0.25) is 4.79 Å². The first kappa shape index (κ1) is 15.9. The molecule has 0 N–H and O–H groups in total. The Morgan fingerprint density at radius 3 is 3.13 bits per heavy atom. The van der Waals surface area contributed by atoms with Crippen LogP contribution in [0.5, 0.6) is 5.75 Å². The number of imidazole rings is 1. The second-order valence-electron chi connectivity index (χ2n) is 5.88. The van der Waals surface area contributed by atoms with E-state index in [-0.39, 0.29) is 11.8 Å². The van der Waals surface area contributed by atoms with Crippen LogP contribution in [0.2, 0.25) is 5.02 Å². The van der Waals surface area contributed by atoms with Gasteiger partial charge in [-0.25, -0.2) is 4.98 Å². The molecule has 2 aromatic rings. The Morgan fingerprint density at radius 1 is 1.52 bits per heavy atom. The molecular formula is C17H20ClN3O2. The maximum absolute atomic E-state index is 12.7. The Morgan fingerprint density at radius 2 is 2.35 bits per heavy atom. The van der Waals surface area contributed by atoms with Gasteiger partial charge in [-0.05, 0) is 24.6 Å². The first-order valence-electron chi connectivity index (χ1n) is 7.66. The minimum atomic E-state index is -0.0138. The predicted octanol–water partition coefficient (Wildman–Crippen LogP) is 2.77. The van der Waals surface area contributed by atoms with Crippen LogP contribution in [0.4, 0.5) is 0 Å². The van der Waals surface area contributed by atoms with Crippen LogP contribution in [0, 0.1) is 5.92 Å². The number of nitrogens with zero attached hydrogens (tertiary/aromatic N) is 3. The monoisotopic (exact) mass is 333 g/mol. The average Bonchev–Trinajstić information content (AvgIpc) is 3.01. The summed E-state index contributed by atoms with van der Waals surface area (Å²) >= 11 is 6.06. The smallest absolute Gasteiger partial charge is 0.226 e. The summed E-state index contributed by atoms with van der Waals surface area (Å²) in [6, 6.07) is 5.46. The minimum absolute atomic E-state index is 0.0138. The third kappa shape index (κ3) is 3.34. The number of hydrogen-bond acceptors (Lipinski definition) is 3. The van der Waals surface area contributed by atoms with Crippen LogP contribution < -0.4 is 4.74 Å². The third-order valence-corrected chi connectivity index (χ3v) is 4.56. The van der Waals surface area contributed by atoms with Crippen LogP contribution in [0.3, 0.4) is 0 Å². The second-order valence-corrected chi connectivity index (χ2v) is 6.31. The van der Waals surface area contributed by atoms with Gasteiger partial charge in [0, 0.05) is 55.5 Å². The molecule has 1 aliphatic rings. The number of carbonyl (C=O) groups excluding carboxylic acids is 1. The Labute approximate surface area is 140 Å². The van der Waals surface area contributed by atoms with Gasteiger partial charge in [-0.2, -0.15) is 0 Å². The highest BCUT2D eigenvalue weighted by molar-refractivity contribution is 6.30. The zero-order valence-corrected chi connectivity index (χ0v) is 14.1. The zero-order chi connectivity index (χ0) is 16.4. The van der Waals surface area contributed by atoms with Crippen LogP contribution in [-0.2, 0) is 24.3 Å². The van der Waals surface area contributed by atoms with E-state index in [1.807, 2.05) is 25.4 Å². The van der Waals surface area contributed by atoms with E-state index in [0.717, 1.165) is 30.1 Å². The van der Waals surface area contributed by atoms with Crippen molar-refractivity contribution in [2.45, 2.75) is 25.9 Å². The van der Waals surface area contributed by atoms with Crippen molar-refractivity contribution >= 4 is 17.5 Å². The highest BCUT2D eigenvalue weighted by Gasteiger charge is 2.27. The normalized spacial score (nSPS) is 16.7. The van der Waals surface area contributed by atoms with E-state index in [0.29, 0.717) is 18.0 Å². The van der Waals surface area contributed by atoms with Crippen LogP contribution in [0.15, 0.2) is 30.6 Å². The first-order valence-corrected chi connectivity index (χ1v) is 8.03. The van der Waals surface area contributed by atoms with E-state index >= 15 is 0 Å². The number of halogens is 1. The number of ether oxygens (including phenoxy) is 1. The number of aromatic nitrogens is 2. The summed E-state index contributed by atoms with van der Waals surface area (Å²) in [5.41, 5.74) is 0.910. The number of rotatable bonds is 4. The Bertz CT molecular complexity index is 714. The van der Waals surface area contributed by atoms with Crippen molar-refractivity contribution in [3.05, 3.63) is 47.0 Å². The largest absolute Gasteiger partial charge is 0.496 e. The Hall–Kier alpha value is -2.01. The molecule has 23 heavy (non-hydrogen) atoms. The molecule has 0 saturated carbocycles. The molecule has 1 aliphatic heterocycles. The van der Waals surface area contributed by atoms with Gasteiger partial charge in [-0.15, -0.1) is 0 Å². The number of benzene rings is 1. The molecule has 3 rings (SSSR count). The van der Waals surface area contributed by atoms with Gasteiger partial charge < -0.3 is 14.2 Å². The quantitative estimate of drug-likeness (QED) is 0.864. The summed E-state index contributed by atoms with van der Waals surface area (Å²) in [5, 5.41) is 0.640. The van der Waals surface area contributed by atoms with Gasteiger partial charge in [0.2, 0.25) is 5.91 Å². The van der Waals surface area contributed by atoms with Gasteiger partial charge in [0.05, 0.1) is 7.11 Å². The van der Waals surface area contributed by atoms with Gasteiger partial charge >= 0.3 is 0 Å². The lowest BCUT2D eigenvalue weighted by molar-refractivity contribution is -0.135. The summed E-state index contributed by atoms with van der Waals surface area (Å²) in [6.45, 7) is 1.33. The van der Waals surface area contributed by atoms with Crippen molar-refractivity contribution in [3.8, 4) is 5.75 Å². The fraction of sp³-hybridized carbons (Fsp3) is 0.412. The summed E-state index contributed by atoms with van der Waals surface area (Å²) in [7, 11) is 3.44. The average molecular weight is 334 g/mol. The van der Waals surface area contributed by atoms with E-state index in [4.69, 9.17) is 16.3 Å². The highest BCUT2D eigenvalue weighted by Crippen LogP contribution is 2.26. The van der Waals surface area contributed by atoms with E-state index in [2.05, 4.69) is 9.55 Å². The standard InChI is InChI=1S/C17H20ClN3O2/c1-20(11-13-9-14(18)3-4-15(13)23-2)17(22)12-5-7-21-8-6-19-16(21)10-12/h3-4,6,8-9,12H,5,7,10-11H2,1-2H3/t12-/m0/s1. The zero-order valence-electron chi connectivity index (χ0n) is 13.3. The molecule has 1 aromatic heterocycles. The molecule has 2 heterocycles. The molecule has 0 saturated heterocycles. The van der Waals surface area contributed by atoms with Gasteiger partial charge in [-0.1, -0.05) is 11.6 Å². The van der Waals surface area contributed by atoms with Crippen molar-refractivity contribution < 1.29 is 9.53 Å². The molecule has 0 spiro atoms. The number of carbonyl (C=O) groups is 1. The molecule has 1 aromatic carbocycles. The van der Waals surface area contributed by atoms with E-state index in [1.165, 1.54) is 0 Å². The van der Waals surface area contributed by atoms with Crippen LogP contribution in [0.1, 0.15) is 17.8 Å². The summed E-state index contributed by atoms with van der Waals surface area (Å²) < 4.78 is 7.47. The molecule has 0 radical (unpaired) electrons. The van der Waals surface area contributed by atoms with Gasteiger partial charge in [0.25, 0.3) is 0 Å². The van der Waals surface area contributed by atoms with Crippen molar-refractivity contribution in [2.75, 3.05) is 14.2 Å². The molecule has 0 unspecified atom stereocenters. The maximum Gasteiger partial charge on any atom is 0.226 e. The fourth-order valence-corrected chi connectivity index (χ4v) is 3.27. The molecule has 1 atom stereocenters. The number of aryl methyl sites for hydroxylation is 1. The molecule has 122 valence electrons. The highest BCUT2D eigenvalue weighted by atomic mass is 35.5. The lowest BCUT2D eigenvalue weighted by Gasteiger charge is -2.27. The first-order chi connectivity index (χ1) is 11.1. The summed E-state index contributed by atoms with van der Waals surface area (Å²) in [5.74, 6) is 1.86. The third-order valence-electron chi connectivity index (χ3n) is 4.32. The molecule has 1 amide bonds. The number of amides is 1. The van der Waals surface area contributed by atoms with E-state index < -0.39 is 0 Å². The van der Waals surface area contributed by atoms with Crippen LogP contribution >= 0.6 is 11.6 Å². The van der Waals surface area contributed by atoms with Gasteiger partial charge in [0.15, 0.2) is 0 Å². The van der Waals surface area contributed by atoms with E-state index in [1.54, 1.807) is 24.3 Å². The lowest BCUT2D eigenvalue weighted by Crippen LogP contribution is -2.36. The fourth-order valence-electron chi connectivity index (χ4n) is 3.08. The molecule has 0 bridgehead atoms. The molecule has 0 aliphatic carbocycles. The molecule has 0 fully saturated rings.